The first-order chi connectivity index (χ1) is 30.1. The second kappa shape index (κ2) is 22.3. The molecule has 0 aliphatic heterocycles. The van der Waals surface area contributed by atoms with Gasteiger partial charge in [0.1, 0.15) is 0 Å². The van der Waals surface area contributed by atoms with Crippen LogP contribution in [0, 0.1) is 22.7 Å². The van der Waals surface area contributed by atoms with Crippen LogP contribution in [-0.4, -0.2) is 9.52 Å². The van der Waals surface area contributed by atoms with E-state index in [9.17, 15) is 0 Å². The molecule has 4 heteroatoms. The number of benzene rings is 4. The van der Waals surface area contributed by atoms with Crippen LogP contribution in [0.3, 0.4) is 0 Å². The maximum atomic E-state index is 4.93. The summed E-state index contributed by atoms with van der Waals surface area (Å²) < 4.78 is 0. The Bertz CT molecular complexity index is 2120. The molecule has 326 valence electrons. The molecule has 0 aromatic heterocycles. The number of halogens is 2. The third-order valence-electron chi connectivity index (χ3n) is 15.9. The minimum absolute atomic E-state index is 0.632. The number of hydrogen-bond donors (Lipinski definition) is 0. The first-order valence-electron chi connectivity index (χ1n) is 24.3. The Labute approximate surface area is 397 Å². The Morgan fingerprint density at radius 2 is 1.00 bits per heavy atom. The zero-order chi connectivity index (χ0) is 43.7. The van der Waals surface area contributed by atoms with Gasteiger partial charge in [0, 0.05) is 9.52 Å². The molecule has 2 atom stereocenters. The van der Waals surface area contributed by atoms with Crippen molar-refractivity contribution in [1.82, 2.24) is 0 Å². The van der Waals surface area contributed by atoms with E-state index in [1.807, 2.05) is 0 Å². The average molecular weight is 959 g/mol. The van der Waals surface area contributed by atoms with E-state index in [1.54, 1.807) is 11.1 Å². The molecule has 0 saturated heterocycles. The zero-order valence-electron chi connectivity index (χ0n) is 38.8. The van der Waals surface area contributed by atoms with Gasteiger partial charge in [-0.25, -0.2) is 0 Å². The van der Waals surface area contributed by atoms with Crippen molar-refractivity contribution in [3.8, 4) is 22.3 Å². The van der Waals surface area contributed by atoms with Gasteiger partial charge >= 0.3 is 37.9 Å². The van der Waals surface area contributed by atoms with Gasteiger partial charge < -0.3 is 0 Å². The van der Waals surface area contributed by atoms with E-state index in [0.29, 0.717) is 22.7 Å². The van der Waals surface area contributed by atoms with Gasteiger partial charge in [0.2, 0.25) is 0 Å². The van der Waals surface area contributed by atoms with E-state index in [-0.39, 0.29) is 0 Å². The Kier molecular flexibility index (Phi) is 17.2. The van der Waals surface area contributed by atoms with E-state index in [4.69, 9.17) is 17.0 Å². The van der Waals surface area contributed by atoms with E-state index in [0.717, 1.165) is 21.4 Å². The predicted octanol–water partition coefficient (Wildman–Crippen LogP) is 18.7. The summed E-state index contributed by atoms with van der Waals surface area (Å²) in [4.78, 5) is 0. The molecule has 10 rings (SSSR count). The Hall–Kier alpha value is -2.22. The molecule has 62 heavy (non-hydrogen) atoms. The molecule has 4 aliphatic carbocycles. The first kappa shape index (κ1) is 47.7. The minimum atomic E-state index is -0.826. The van der Waals surface area contributed by atoms with Gasteiger partial charge in [0.05, 0.1) is 0 Å². The molecule has 6 aromatic carbocycles. The maximum absolute atomic E-state index is 4.93. The molecule has 2 unspecified atom stereocenters. The number of fused-ring (bicyclic) bond motifs is 6. The SMILES string of the molecule is CCC(C)c1ccc(-c2cccc3[cH-]c(CC45CCC(CC4)C5)cc23)cc1.CCC(C)c1ccc(-c2cccc3[cH-]c(CC45CCC(CC4)C5)cc23)cc1.CCC[Si]C.[Cl][Zr+2][Cl]. The van der Waals surface area contributed by atoms with Gasteiger partial charge in [0.15, 0.2) is 0 Å². The Morgan fingerprint density at radius 3 is 1.29 bits per heavy atom. The summed E-state index contributed by atoms with van der Waals surface area (Å²) >= 11 is -0.826. The van der Waals surface area contributed by atoms with Crippen LogP contribution in [0.25, 0.3) is 43.8 Å². The summed E-state index contributed by atoms with van der Waals surface area (Å²) in [6, 6.07) is 43.5. The summed E-state index contributed by atoms with van der Waals surface area (Å²) in [5.74, 6) is 3.35. The van der Waals surface area contributed by atoms with Gasteiger partial charge in [-0.15, -0.1) is 69.1 Å². The molecule has 4 aliphatic rings. The van der Waals surface area contributed by atoms with Crippen LogP contribution >= 0.6 is 17.0 Å². The summed E-state index contributed by atoms with van der Waals surface area (Å²) in [6.07, 6.45) is 21.1. The third-order valence-corrected chi connectivity index (χ3v) is 16.9. The Morgan fingerprint density at radius 1 is 0.613 bits per heavy atom. The Balaban J connectivity index is 0.000000159. The molecular weight excluding hydrogens is 887 g/mol. The quantitative estimate of drug-likeness (QED) is 0.0847. The van der Waals surface area contributed by atoms with Crippen molar-refractivity contribution in [2.45, 2.75) is 155 Å². The van der Waals surface area contributed by atoms with Crippen LogP contribution in [0.1, 0.15) is 152 Å². The first-order valence-corrected chi connectivity index (χ1v) is 32.4. The summed E-state index contributed by atoms with van der Waals surface area (Å²) in [6.45, 7) is 13.6. The van der Waals surface area contributed by atoms with Crippen molar-refractivity contribution in [3.05, 3.63) is 131 Å². The van der Waals surface area contributed by atoms with Crippen LogP contribution in [0.15, 0.2) is 109 Å². The van der Waals surface area contributed by atoms with E-state index in [2.05, 4.69) is 150 Å². The fourth-order valence-corrected chi connectivity index (χ4v) is 12.5. The van der Waals surface area contributed by atoms with Crippen molar-refractivity contribution >= 4 is 48.1 Å². The molecule has 4 saturated carbocycles. The van der Waals surface area contributed by atoms with Gasteiger partial charge in [-0.05, 0) is 147 Å². The van der Waals surface area contributed by atoms with Crippen molar-refractivity contribution in [1.29, 1.82) is 0 Å². The molecule has 4 bridgehead atoms. The van der Waals surface area contributed by atoms with Crippen LogP contribution in [-0.2, 0) is 33.7 Å². The van der Waals surface area contributed by atoms with Gasteiger partial charge in [-0.3, -0.25) is 0 Å². The summed E-state index contributed by atoms with van der Waals surface area (Å²) in [5.41, 5.74) is 12.8. The summed E-state index contributed by atoms with van der Waals surface area (Å²) in [7, 11) is 11.0. The van der Waals surface area contributed by atoms with Crippen LogP contribution in [0.5, 0.6) is 0 Å². The number of rotatable bonds is 12. The monoisotopic (exact) mass is 956 g/mol. The fourth-order valence-electron chi connectivity index (χ4n) is 12.0. The van der Waals surface area contributed by atoms with Crippen molar-refractivity contribution < 1.29 is 20.8 Å². The number of hydrogen-bond acceptors (Lipinski definition) is 0. The molecule has 0 amide bonds. The molecular formula is C58H72Cl2SiZr. The molecule has 0 spiro atoms. The average Bonchev–Trinajstić information content (AvgIpc) is 4.18. The molecule has 6 aromatic rings. The summed E-state index contributed by atoms with van der Waals surface area (Å²) in [5, 5.41) is 5.70. The van der Waals surface area contributed by atoms with Crippen LogP contribution in [0.4, 0.5) is 0 Å². The van der Waals surface area contributed by atoms with Gasteiger partial charge in [0.25, 0.3) is 0 Å². The molecule has 4 fully saturated rings. The van der Waals surface area contributed by atoms with Crippen LogP contribution in [0.2, 0.25) is 12.6 Å². The topological polar surface area (TPSA) is 0 Å². The molecule has 0 nitrogen and oxygen atoms in total. The van der Waals surface area contributed by atoms with Gasteiger partial charge in [-0.1, -0.05) is 125 Å². The normalized spacial score (nSPS) is 22.9. The second-order valence-electron chi connectivity index (χ2n) is 20.0. The van der Waals surface area contributed by atoms with Crippen molar-refractivity contribution in [2.75, 3.05) is 0 Å². The second-order valence-corrected chi connectivity index (χ2v) is 25.0. The third kappa shape index (κ3) is 11.4. The molecule has 0 heterocycles. The molecule has 0 N–H and O–H groups in total. The van der Waals surface area contributed by atoms with Crippen molar-refractivity contribution in [2.24, 2.45) is 22.7 Å². The van der Waals surface area contributed by atoms with Gasteiger partial charge in [-0.2, -0.15) is 12.1 Å². The predicted molar refractivity (Wildman–Crippen MR) is 271 cm³/mol. The molecule has 2 radical (unpaired) electrons. The zero-order valence-corrected chi connectivity index (χ0v) is 43.7. The fraction of sp³-hybridized carbons (Fsp3) is 0.483. The van der Waals surface area contributed by atoms with Crippen molar-refractivity contribution in [3.63, 3.8) is 0 Å². The van der Waals surface area contributed by atoms with E-state index >= 15 is 0 Å². The van der Waals surface area contributed by atoms with E-state index < -0.39 is 20.8 Å². The van der Waals surface area contributed by atoms with Crippen LogP contribution < -0.4 is 0 Å². The van der Waals surface area contributed by atoms with E-state index in [1.165, 1.54) is 157 Å². The standard InChI is InChI=1S/2C27H31.C4H10Si.2ClH.Zr/c2*1-3-19(2)22-7-9-23(10-8-22)25-6-4-5-24-15-21(16-26(24)25)18-27-13-11-20(17-27)12-14-27;1-3-4-5-2;;;/h2*4-10,15-16,19-20H,3,11-14,17-18H2,1-2H3;3-4H2,1-2H3;2*1H;/q2*-1;;;;+4/p-2.